The Kier molecular flexibility index (Phi) is 6.02. The molecular weight excluding hydrogens is 268 g/mol. The second-order valence-corrected chi connectivity index (χ2v) is 7.28. The summed E-state index contributed by atoms with van der Waals surface area (Å²) in [5.74, 6) is 0. The van der Waals surface area contributed by atoms with E-state index in [1.165, 1.54) is 21.7 Å². The summed E-state index contributed by atoms with van der Waals surface area (Å²) in [5.41, 5.74) is 1.50. The van der Waals surface area contributed by atoms with Crippen LogP contribution in [-0.4, -0.2) is 36.7 Å². The van der Waals surface area contributed by atoms with Crippen molar-refractivity contribution < 1.29 is 4.74 Å². The average Bonchev–Trinajstić information content (AvgIpc) is 2.78. The van der Waals surface area contributed by atoms with Crippen molar-refractivity contribution in [1.82, 2.24) is 10.2 Å². The maximum atomic E-state index is 5.59. The highest BCUT2D eigenvalue weighted by atomic mass is 32.1. The first-order chi connectivity index (χ1) is 9.60. The molecule has 0 aliphatic carbocycles. The Labute approximate surface area is 127 Å². The fourth-order valence-corrected chi connectivity index (χ4v) is 3.63. The molecule has 1 saturated heterocycles. The largest absolute Gasteiger partial charge is 0.378 e. The molecule has 2 heterocycles. The summed E-state index contributed by atoms with van der Waals surface area (Å²) in [6.07, 6.45) is 1.17. The molecule has 1 fully saturated rings. The van der Waals surface area contributed by atoms with Crippen LogP contribution in [-0.2, 0) is 17.8 Å². The fourth-order valence-electron chi connectivity index (χ4n) is 2.63. The van der Waals surface area contributed by atoms with Crippen LogP contribution in [0.25, 0.3) is 0 Å². The van der Waals surface area contributed by atoms with Crippen LogP contribution >= 0.6 is 11.3 Å². The molecule has 0 bridgehead atoms. The van der Waals surface area contributed by atoms with E-state index < -0.39 is 0 Å². The van der Waals surface area contributed by atoms with Gasteiger partial charge in [-0.2, -0.15) is 0 Å². The molecule has 0 spiro atoms. The molecule has 0 radical (unpaired) electrons. The third-order valence-corrected chi connectivity index (χ3v) is 5.04. The Bertz CT molecular complexity index is 417. The van der Waals surface area contributed by atoms with Gasteiger partial charge >= 0.3 is 0 Å². The first-order valence-electron chi connectivity index (χ1n) is 7.73. The number of morpholine rings is 1. The molecule has 0 saturated carbocycles. The highest BCUT2D eigenvalue weighted by Crippen LogP contribution is 2.24. The van der Waals surface area contributed by atoms with Gasteiger partial charge < -0.3 is 10.1 Å². The van der Waals surface area contributed by atoms with E-state index in [9.17, 15) is 0 Å². The van der Waals surface area contributed by atoms with E-state index in [0.29, 0.717) is 12.1 Å². The molecule has 1 atom stereocenters. The monoisotopic (exact) mass is 296 g/mol. The van der Waals surface area contributed by atoms with E-state index in [1.807, 2.05) is 11.3 Å². The van der Waals surface area contributed by atoms with Crippen molar-refractivity contribution in [3.63, 3.8) is 0 Å². The molecule has 3 nitrogen and oxygen atoms in total. The number of thiophene rings is 1. The predicted octanol–water partition coefficient (Wildman–Crippen LogP) is 3.17. The summed E-state index contributed by atoms with van der Waals surface area (Å²) in [7, 11) is 0. The highest BCUT2D eigenvalue weighted by molar-refractivity contribution is 7.12. The molecule has 1 aromatic heterocycles. The van der Waals surface area contributed by atoms with E-state index in [2.05, 4.69) is 44.0 Å². The Morgan fingerprint density at radius 2 is 2.30 bits per heavy atom. The van der Waals surface area contributed by atoms with Crippen molar-refractivity contribution in [3.8, 4) is 0 Å². The molecule has 1 N–H and O–H groups in total. The lowest BCUT2D eigenvalue weighted by Crippen LogP contribution is -2.44. The maximum absolute atomic E-state index is 5.59. The Morgan fingerprint density at radius 1 is 1.50 bits per heavy atom. The van der Waals surface area contributed by atoms with Crippen LogP contribution in [0.3, 0.4) is 0 Å². The van der Waals surface area contributed by atoms with Gasteiger partial charge in [-0.3, -0.25) is 4.90 Å². The molecule has 1 aliphatic heterocycles. The molecule has 0 amide bonds. The van der Waals surface area contributed by atoms with E-state index in [1.54, 1.807) is 0 Å². The average molecular weight is 296 g/mol. The van der Waals surface area contributed by atoms with Crippen LogP contribution in [0.2, 0.25) is 0 Å². The summed E-state index contributed by atoms with van der Waals surface area (Å²) in [5, 5.41) is 3.50. The second-order valence-electron chi connectivity index (χ2n) is 5.94. The highest BCUT2D eigenvalue weighted by Gasteiger charge is 2.22. The number of nitrogens with zero attached hydrogens (tertiary/aromatic N) is 1. The topological polar surface area (TPSA) is 24.5 Å². The first-order valence-corrected chi connectivity index (χ1v) is 8.55. The lowest BCUT2D eigenvalue weighted by molar-refractivity contribution is -0.0127. The number of rotatable bonds is 6. The van der Waals surface area contributed by atoms with Gasteiger partial charge in [0.2, 0.25) is 0 Å². The van der Waals surface area contributed by atoms with Crippen molar-refractivity contribution in [1.29, 1.82) is 0 Å². The second kappa shape index (κ2) is 7.55. The summed E-state index contributed by atoms with van der Waals surface area (Å²) in [6.45, 7) is 13.8. The van der Waals surface area contributed by atoms with Gasteiger partial charge in [0.15, 0.2) is 0 Å². The van der Waals surface area contributed by atoms with E-state index in [0.717, 1.165) is 32.8 Å². The zero-order valence-electron chi connectivity index (χ0n) is 13.2. The van der Waals surface area contributed by atoms with Gasteiger partial charge in [-0.15, -0.1) is 11.3 Å². The minimum absolute atomic E-state index is 0.546. The fraction of sp³-hybridized carbons (Fsp3) is 0.750. The van der Waals surface area contributed by atoms with Crippen molar-refractivity contribution >= 4 is 11.3 Å². The minimum Gasteiger partial charge on any atom is -0.378 e. The minimum atomic E-state index is 0.546. The smallest absolute Gasteiger partial charge is 0.0622 e. The molecule has 1 aliphatic rings. The van der Waals surface area contributed by atoms with E-state index in [4.69, 9.17) is 4.74 Å². The van der Waals surface area contributed by atoms with Gasteiger partial charge in [-0.25, -0.2) is 0 Å². The summed E-state index contributed by atoms with van der Waals surface area (Å²) in [6, 6.07) is 3.52. The van der Waals surface area contributed by atoms with Crippen LogP contribution in [0, 0.1) is 6.92 Å². The lowest BCUT2D eigenvalue weighted by atomic mass is 10.1. The molecule has 1 unspecified atom stereocenters. The molecule has 0 aromatic carbocycles. The van der Waals surface area contributed by atoms with Crippen molar-refractivity contribution in [3.05, 3.63) is 21.4 Å². The third-order valence-electron chi connectivity index (χ3n) is 3.95. The van der Waals surface area contributed by atoms with Crippen molar-refractivity contribution in [2.45, 2.75) is 59.3 Å². The van der Waals surface area contributed by atoms with Crippen molar-refractivity contribution in [2.75, 3.05) is 19.8 Å². The SMILES string of the molecule is CCC1COCCN1Cc1cc(CNC(C)C)sc1C. The standard InChI is InChI=1S/C16H28N2OS/c1-5-15-11-19-7-6-18(15)10-14-8-16(20-13(14)4)9-17-12(2)3/h8,12,15,17H,5-7,9-11H2,1-4H3. The number of hydrogen-bond donors (Lipinski definition) is 1. The van der Waals surface area contributed by atoms with Gasteiger partial charge in [0.1, 0.15) is 0 Å². The Balaban J connectivity index is 1.97. The zero-order valence-corrected chi connectivity index (χ0v) is 14.1. The van der Waals surface area contributed by atoms with Crippen LogP contribution < -0.4 is 5.32 Å². The van der Waals surface area contributed by atoms with Gasteiger partial charge in [-0.05, 0) is 25.0 Å². The summed E-state index contributed by atoms with van der Waals surface area (Å²) in [4.78, 5) is 5.50. The quantitative estimate of drug-likeness (QED) is 0.872. The normalized spacial score (nSPS) is 20.8. The van der Waals surface area contributed by atoms with Crippen LogP contribution in [0.15, 0.2) is 6.07 Å². The van der Waals surface area contributed by atoms with E-state index in [-0.39, 0.29) is 0 Å². The lowest BCUT2D eigenvalue weighted by Gasteiger charge is -2.35. The van der Waals surface area contributed by atoms with Gasteiger partial charge in [0, 0.05) is 41.5 Å². The van der Waals surface area contributed by atoms with Crippen LogP contribution in [0.4, 0.5) is 0 Å². The number of hydrogen-bond acceptors (Lipinski definition) is 4. The molecule has 20 heavy (non-hydrogen) atoms. The van der Waals surface area contributed by atoms with E-state index >= 15 is 0 Å². The summed E-state index contributed by atoms with van der Waals surface area (Å²) >= 11 is 1.93. The molecular formula is C16H28N2OS. The van der Waals surface area contributed by atoms with Crippen LogP contribution in [0.5, 0.6) is 0 Å². The number of ether oxygens (including phenoxy) is 1. The Hall–Kier alpha value is -0.420. The molecule has 4 heteroatoms. The maximum Gasteiger partial charge on any atom is 0.0622 e. The molecule has 2 rings (SSSR count). The molecule has 114 valence electrons. The predicted molar refractivity (Wildman–Crippen MR) is 86.3 cm³/mol. The van der Waals surface area contributed by atoms with Gasteiger partial charge in [0.05, 0.1) is 13.2 Å². The zero-order chi connectivity index (χ0) is 14.5. The third kappa shape index (κ3) is 4.29. The number of aryl methyl sites for hydroxylation is 1. The Morgan fingerprint density at radius 3 is 3.00 bits per heavy atom. The van der Waals surface area contributed by atoms with Gasteiger partial charge in [0.25, 0.3) is 0 Å². The van der Waals surface area contributed by atoms with Crippen LogP contribution in [0.1, 0.15) is 42.5 Å². The number of nitrogens with one attached hydrogen (secondary N) is 1. The van der Waals surface area contributed by atoms with Crippen molar-refractivity contribution in [2.24, 2.45) is 0 Å². The first kappa shape index (κ1) is 16.0. The van der Waals surface area contributed by atoms with Gasteiger partial charge in [-0.1, -0.05) is 20.8 Å². The summed E-state index contributed by atoms with van der Waals surface area (Å²) < 4.78 is 5.59. The molecule has 1 aromatic rings.